The summed E-state index contributed by atoms with van der Waals surface area (Å²) in [4.78, 5) is 30.1. The molecule has 0 radical (unpaired) electrons. The van der Waals surface area contributed by atoms with E-state index in [4.69, 9.17) is 24.7 Å². The van der Waals surface area contributed by atoms with Crippen LogP contribution in [0.15, 0.2) is 84.3 Å². The Morgan fingerprint density at radius 2 is 1.78 bits per heavy atom. The fourth-order valence-corrected chi connectivity index (χ4v) is 4.25. The molecule has 1 aliphatic rings. The van der Waals surface area contributed by atoms with Crippen molar-refractivity contribution in [3.63, 3.8) is 0 Å². The molecule has 3 N–H and O–H groups in total. The first-order valence-corrected chi connectivity index (χ1v) is 11.5. The predicted molar refractivity (Wildman–Crippen MR) is 133 cm³/mol. The van der Waals surface area contributed by atoms with E-state index in [-0.39, 0.29) is 19.0 Å². The van der Waals surface area contributed by atoms with E-state index in [0.717, 1.165) is 11.1 Å². The first-order valence-electron chi connectivity index (χ1n) is 11.5. The van der Waals surface area contributed by atoms with Crippen LogP contribution in [-0.2, 0) is 37.0 Å². The molecule has 4 atom stereocenters. The highest BCUT2D eigenvalue weighted by molar-refractivity contribution is 5.66. The Labute approximate surface area is 208 Å². The van der Waals surface area contributed by atoms with Gasteiger partial charge in [-0.05, 0) is 11.1 Å². The number of hydrogen-bond donors (Lipinski definition) is 2. The summed E-state index contributed by atoms with van der Waals surface area (Å²) in [6, 6.07) is 19.3. The smallest absolute Gasteiger partial charge is 0.346 e. The molecular weight excluding hydrogens is 462 g/mol. The van der Waals surface area contributed by atoms with E-state index in [2.05, 4.69) is 16.5 Å². The van der Waals surface area contributed by atoms with Crippen molar-refractivity contribution >= 4 is 11.8 Å². The Hall–Kier alpha value is -3.79. The molecule has 0 unspecified atom stereocenters. The first-order chi connectivity index (χ1) is 17.4. The fraction of sp³-hybridized carbons (Fsp3) is 0.296. The Kier molecular flexibility index (Phi) is 7.94. The minimum absolute atomic E-state index is 0.0593. The Bertz CT molecular complexity index is 1230. The molecule has 188 valence electrons. The summed E-state index contributed by atoms with van der Waals surface area (Å²) in [5.74, 6) is -0.466. The van der Waals surface area contributed by atoms with Crippen molar-refractivity contribution in [2.24, 2.45) is 0 Å². The molecule has 0 aliphatic carbocycles. The van der Waals surface area contributed by atoms with Gasteiger partial charge < -0.3 is 24.7 Å². The van der Waals surface area contributed by atoms with Gasteiger partial charge in [0.05, 0.1) is 19.8 Å². The van der Waals surface area contributed by atoms with Gasteiger partial charge in [-0.1, -0.05) is 66.7 Å². The van der Waals surface area contributed by atoms with Gasteiger partial charge in [0.1, 0.15) is 23.6 Å². The van der Waals surface area contributed by atoms with E-state index in [9.17, 15) is 9.59 Å². The monoisotopic (exact) mass is 491 g/mol. The standard InChI is InChI=1S/C27H29N3O6/c1-3-27(17-33-15-19-10-6-4-7-11-19)24(34-16-20-12-8-5-9-13-20)23(35-18(2)31)22(36-27)21-14-29-26(32)30-25(21)28/h3-14,22-24H,1,15-17H2,2H3,(H3,28,29,30,32)/t22-,23-,24+,27-/m1/s1. The number of nitrogens with zero attached hydrogens (tertiary/aromatic N) is 1. The highest BCUT2D eigenvalue weighted by Gasteiger charge is 2.57. The number of aromatic amines is 1. The number of esters is 1. The van der Waals surface area contributed by atoms with Gasteiger partial charge >= 0.3 is 11.7 Å². The maximum absolute atomic E-state index is 12.1. The lowest BCUT2D eigenvalue weighted by Crippen LogP contribution is -2.48. The van der Waals surface area contributed by atoms with Gasteiger partial charge in [-0.2, -0.15) is 0 Å². The third-order valence-corrected chi connectivity index (χ3v) is 5.96. The van der Waals surface area contributed by atoms with Crippen LogP contribution in [0, 0.1) is 0 Å². The second-order valence-corrected chi connectivity index (χ2v) is 8.52. The maximum atomic E-state index is 12.1. The van der Waals surface area contributed by atoms with Gasteiger partial charge in [-0.25, -0.2) is 9.78 Å². The summed E-state index contributed by atoms with van der Waals surface area (Å²) in [5.41, 5.74) is 6.57. The molecule has 2 aromatic carbocycles. The van der Waals surface area contributed by atoms with Crippen molar-refractivity contribution in [2.75, 3.05) is 12.3 Å². The fourth-order valence-electron chi connectivity index (χ4n) is 4.25. The summed E-state index contributed by atoms with van der Waals surface area (Å²) < 4.78 is 24.6. The lowest BCUT2D eigenvalue weighted by Gasteiger charge is -2.32. The number of anilines is 1. The Morgan fingerprint density at radius 3 is 2.36 bits per heavy atom. The lowest BCUT2D eigenvalue weighted by molar-refractivity contribution is -0.156. The molecule has 3 aromatic rings. The van der Waals surface area contributed by atoms with Crippen LogP contribution in [0.25, 0.3) is 0 Å². The minimum Gasteiger partial charge on any atom is -0.456 e. The predicted octanol–water partition coefficient (Wildman–Crippen LogP) is 3.08. The molecule has 1 fully saturated rings. The molecule has 2 heterocycles. The molecule has 1 aliphatic heterocycles. The van der Waals surface area contributed by atoms with Crippen LogP contribution < -0.4 is 11.4 Å². The van der Waals surface area contributed by atoms with Crippen LogP contribution in [0.2, 0.25) is 0 Å². The third kappa shape index (κ3) is 5.71. The van der Waals surface area contributed by atoms with Crippen LogP contribution in [0.3, 0.4) is 0 Å². The zero-order valence-electron chi connectivity index (χ0n) is 20.0. The number of nitrogens with two attached hydrogens (primary N) is 1. The molecule has 1 saturated heterocycles. The number of aromatic nitrogens is 2. The number of benzene rings is 2. The molecule has 9 heteroatoms. The highest BCUT2D eigenvalue weighted by Crippen LogP contribution is 2.45. The third-order valence-electron chi connectivity index (χ3n) is 5.96. The molecule has 0 amide bonds. The molecule has 0 saturated carbocycles. The number of rotatable bonds is 10. The summed E-state index contributed by atoms with van der Waals surface area (Å²) in [6.45, 7) is 5.92. The zero-order valence-corrected chi connectivity index (χ0v) is 20.0. The number of carbonyl (C=O) groups is 1. The average molecular weight is 492 g/mol. The normalized spacial score (nSPS) is 23.3. The van der Waals surface area contributed by atoms with Gasteiger partial charge in [-0.15, -0.1) is 6.58 Å². The maximum Gasteiger partial charge on any atom is 0.346 e. The van der Waals surface area contributed by atoms with Crippen LogP contribution in [0.1, 0.15) is 29.7 Å². The molecule has 9 nitrogen and oxygen atoms in total. The number of carbonyl (C=O) groups excluding carboxylic acids is 1. The quantitative estimate of drug-likeness (QED) is 0.327. The van der Waals surface area contributed by atoms with Crippen LogP contribution in [0.4, 0.5) is 5.82 Å². The SMILES string of the molecule is C=C[C@]1(COCc2ccccc2)O[C@H](c2cnc(=O)[nH]c2N)[C@@H](OC(C)=O)[C@@H]1OCc1ccccc1. The lowest BCUT2D eigenvalue weighted by atomic mass is 9.93. The summed E-state index contributed by atoms with van der Waals surface area (Å²) >= 11 is 0. The van der Waals surface area contributed by atoms with E-state index in [1.54, 1.807) is 6.08 Å². The van der Waals surface area contributed by atoms with Crippen LogP contribution in [0.5, 0.6) is 0 Å². The van der Waals surface area contributed by atoms with Crippen molar-refractivity contribution in [3.05, 3.63) is 107 Å². The van der Waals surface area contributed by atoms with Crippen molar-refractivity contribution < 1.29 is 23.7 Å². The molecule has 1 aromatic heterocycles. The van der Waals surface area contributed by atoms with Gasteiger partial charge in [0.2, 0.25) is 0 Å². The number of ether oxygens (including phenoxy) is 4. The topological polar surface area (TPSA) is 126 Å². The van der Waals surface area contributed by atoms with Crippen LogP contribution in [-0.4, -0.2) is 40.4 Å². The number of nitrogens with one attached hydrogen (secondary N) is 1. The highest BCUT2D eigenvalue weighted by atomic mass is 16.6. The molecule has 4 rings (SSSR count). The number of nitrogen functional groups attached to an aromatic ring is 1. The van der Waals surface area contributed by atoms with Gasteiger partial charge in [0.25, 0.3) is 0 Å². The van der Waals surface area contributed by atoms with Crippen molar-refractivity contribution in [1.29, 1.82) is 0 Å². The van der Waals surface area contributed by atoms with Crippen molar-refractivity contribution in [3.8, 4) is 0 Å². The Balaban J connectivity index is 1.68. The minimum atomic E-state index is -1.20. The summed E-state index contributed by atoms with van der Waals surface area (Å²) in [6.07, 6.45) is 0.302. The second kappa shape index (κ2) is 11.3. The second-order valence-electron chi connectivity index (χ2n) is 8.52. The molecule has 0 bridgehead atoms. The van der Waals surface area contributed by atoms with E-state index >= 15 is 0 Å². The van der Waals surface area contributed by atoms with Gasteiger partial charge in [-0.3, -0.25) is 9.78 Å². The summed E-state index contributed by atoms with van der Waals surface area (Å²) in [7, 11) is 0. The number of H-pyrrole nitrogens is 1. The molecular formula is C27H29N3O6. The molecule has 0 spiro atoms. The van der Waals surface area contributed by atoms with E-state index in [1.165, 1.54) is 13.1 Å². The largest absolute Gasteiger partial charge is 0.456 e. The van der Waals surface area contributed by atoms with E-state index in [0.29, 0.717) is 12.2 Å². The summed E-state index contributed by atoms with van der Waals surface area (Å²) in [5, 5.41) is 0. The van der Waals surface area contributed by atoms with Gasteiger partial charge in [0.15, 0.2) is 6.10 Å². The van der Waals surface area contributed by atoms with Gasteiger partial charge in [0, 0.05) is 18.7 Å². The van der Waals surface area contributed by atoms with Crippen molar-refractivity contribution in [1.82, 2.24) is 9.97 Å². The van der Waals surface area contributed by atoms with Crippen molar-refractivity contribution in [2.45, 2.75) is 44.1 Å². The first kappa shape index (κ1) is 25.3. The average Bonchev–Trinajstić information content (AvgIpc) is 3.16. The van der Waals surface area contributed by atoms with Crippen LogP contribution >= 0.6 is 0 Å². The Morgan fingerprint density at radius 1 is 1.14 bits per heavy atom. The van der Waals surface area contributed by atoms with E-state index < -0.39 is 35.6 Å². The number of hydrogen-bond acceptors (Lipinski definition) is 8. The zero-order chi connectivity index (χ0) is 25.5. The molecule has 36 heavy (non-hydrogen) atoms. The van der Waals surface area contributed by atoms with E-state index in [1.807, 2.05) is 60.7 Å².